The van der Waals surface area contributed by atoms with E-state index in [4.69, 9.17) is 16.9 Å². The first-order chi connectivity index (χ1) is 8.11. The summed E-state index contributed by atoms with van der Waals surface area (Å²) in [6, 6.07) is 9.96. The fraction of sp³-hybridized carbons (Fsp3) is 0.167. The third-order valence-corrected chi connectivity index (χ3v) is 3.34. The molecule has 2 rings (SSSR count). The van der Waals surface area contributed by atoms with E-state index in [0.717, 1.165) is 10.0 Å². The SMILES string of the molecule is Cc1nn(Cc2ccc(Br)cc2)c(Cl)c1C#N. The molecule has 5 heteroatoms. The molecule has 0 saturated heterocycles. The average molecular weight is 311 g/mol. The maximum absolute atomic E-state index is 8.92. The predicted octanol–water partition coefficient (Wildman–Crippen LogP) is 3.53. The van der Waals surface area contributed by atoms with Gasteiger partial charge in [-0.25, -0.2) is 4.68 Å². The highest BCUT2D eigenvalue weighted by Crippen LogP contribution is 2.20. The third-order valence-electron chi connectivity index (χ3n) is 2.42. The zero-order valence-corrected chi connectivity index (χ0v) is 11.5. The van der Waals surface area contributed by atoms with Crippen molar-refractivity contribution >= 4 is 27.5 Å². The van der Waals surface area contributed by atoms with Gasteiger partial charge in [-0.05, 0) is 24.6 Å². The van der Waals surface area contributed by atoms with Gasteiger partial charge < -0.3 is 0 Å². The minimum absolute atomic E-state index is 0.396. The molecular formula is C12H9BrClN3. The van der Waals surface area contributed by atoms with E-state index in [1.807, 2.05) is 24.3 Å². The zero-order chi connectivity index (χ0) is 12.4. The second kappa shape index (κ2) is 4.91. The van der Waals surface area contributed by atoms with E-state index in [1.54, 1.807) is 11.6 Å². The monoisotopic (exact) mass is 309 g/mol. The molecule has 1 heterocycles. The lowest BCUT2D eigenvalue weighted by Gasteiger charge is -2.03. The number of aromatic nitrogens is 2. The topological polar surface area (TPSA) is 41.6 Å². The lowest BCUT2D eigenvalue weighted by atomic mass is 10.2. The molecule has 0 atom stereocenters. The maximum Gasteiger partial charge on any atom is 0.145 e. The van der Waals surface area contributed by atoms with Gasteiger partial charge in [0.1, 0.15) is 16.8 Å². The molecule has 3 nitrogen and oxygen atoms in total. The smallest absolute Gasteiger partial charge is 0.145 e. The molecule has 0 unspecified atom stereocenters. The van der Waals surface area contributed by atoms with Crippen LogP contribution < -0.4 is 0 Å². The summed E-state index contributed by atoms with van der Waals surface area (Å²) in [4.78, 5) is 0. The van der Waals surface area contributed by atoms with Crippen LogP contribution in [0, 0.1) is 18.3 Å². The molecule has 86 valence electrons. The number of hydrogen-bond donors (Lipinski definition) is 0. The minimum atomic E-state index is 0.396. The molecule has 0 aliphatic rings. The Labute approximate surface area is 113 Å². The van der Waals surface area contributed by atoms with E-state index in [9.17, 15) is 0 Å². The quantitative estimate of drug-likeness (QED) is 0.851. The van der Waals surface area contributed by atoms with Crippen LogP contribution >= 0.6 is 27.5 Å². The Morgan fingerprint density at radius 2 is 2.06 bits per heavy atom. The molecule has 1 aromatic heterocycles. The number of rotatable bonds is 2. The highest BCUT2D eigenvalue weighted by molar-refractivity contribution is 9.10. The van der Waals surface area contributed by atoms with Crippen molar-refractivity contribution in [1.29, 1.82) is 5.26 Å². The predicted molar refractivity (Wildman–Crippen MR) is 69.9 cm³/mol. The summed E-state index contributed by atoms with van der Waals surface area (Å²) in [7, 11) is 0. The first-order valence-corrected chi connectivity index (χ1v) is 6.16. The van der Waals surface area contributed by atoms with E-state index in [2.05, 4.69) is 27.1 Å². The molecule has 0 spiro atoms. The normalized spacial score (nSPS) is 10.2. The minimum Gasteiger partial charge on any atom is -0.248 e. The number of benzene rings is 1. The first kappa shape index (κ1) is 12.2. The molecule has 0 bridgehead atoms. The molecule has 1 aromatic carbocycles. The molecule has 17 heavy (non-hydrogen) atoms. The molecule has 0 aliphatic heterocycles. The fourth-order valence-corrected chi connectivity index (χ4v) is 2.09. The summed E-state index contributed by atoms with van der Waals surface area (Å²) in [5.74, 6) is 0. The molecule has 2 aromatic rings. The van der Waals surface area contributed by atoms with Crippen molar-refractivity contribution in [2.45, 2.75) is 13.5 Å². The highest BCUT2D eigenvalue weighted by Gasteiger charge is 2.12. The highest BCUT2D eigenvalue weighted by atomic mass is 79.9. The summed E-state index contributed by atoms with van der Waals surface area (Å²) < 4.78 is 2.67. The van der Waals surface area contributed by atoms with Crippen LogP contribution in [0.5, 0.6) is 0 Å². The number of hydrogen-bond acceptors (Lipinski definition) is 2. The van der Waals surface area contributed by atoms with Gasteiger partial charge in [-0.2, -0.15) is 10.4 Å². The second-order valence-electron chi connectivity index (χ2n) is 3.65. The van der Waals surface area contributed by atoms with Gasteiger partial charge in [0.2, 0.25) is 0 Å². The number of nitriles is 1. The van der Waals surface area contributed by atoms with Crippen LogP contribution in [-0.2, 0) is 6.54 Å². The van der Waals surface area contributed by atoms with Gasteiger partial charge in [-0.3, -0.25) is 0 Å². The molecule has 0 aliphatic carbocycles. The van der Waals surface area contributed by atoms with Crippen LogP contribution in [0.1, 0.15) is 16.8 Å². The Morgan fingerprint density at radius 1 is 1.41 bits per heavy atom. The van der Waals surface area contributed by atoms with Gasteiger partial charge in [0.05, 0.1) is 12.2 Å². The van der Waals surface area contributed by atoms with Gasteiger partial charge in [-0.1, -0.05) is 39.7 Å². The van der Waals surface area contributed by atoms with Crippen molar-refractivity contribution in [3.63, 3.8) is 0 Å². The van der Waals surface area contributed by atoms with E-state index < -0.39 is 0 Å². The largest absolute Gasteiger partial charge is 0.248 e. The third kappa shape index (κ3) is 2.51. The molecule has 0 radical (unpaired) electrons. The van der Waals surface area contributed by atoms with Gasteiger partial charge in [0, 0.05) is 4.47 Å². The summed E-state index contributed by atoms with van der Waals surface area (Å²) in [6.45, 7) is 2.34. The number of aryl methyl sites for hydroxylation is 1. The van der Waals surface area contributed by atoms with E-state index >= 15 is 0 Å². The fourth-order valence-electron chi connectivity index (χ4n) is 1.55. The van der Waals surface area contributed by atoms with Gasteiger partial charge in [-0.15, -0.1) is 0 Å². The summed E-state index contributed by atoms with van der Waals surface area (Å²) >= 11 is 9.46. The summed E-state index contributed by atoms with van der Waals surface area (Å²) in [5.41, 5.74) is 2.19. The Kier molecular flexibility index (Phi) is 3.51. The lowest BCUT2D eigenvalue weighted by Crippen LogP contribution is -2.01. The van der Waals surface area contributed by atoms with Gasteiger partial charge >= 0.3 is 0 Å². The van der Waals surface area contributed by atoms with Gasteiger partial charge in [0.15, 0.2) is 0 Å². The van der Waals surface area contributed by atoms with Crippen LogP contribution in [0.3, 0.4) is 0 Å². The Balaban J connectivity index is 2.31. The van der Waals surface area contributed by atoms with Gasteiger partial charge in [0.25, 0.3) is 0 Å². The molecular weight excluding hydrogens is 302 g/mol. The van der Waals surface area contributed by atoms with Crippen molar-refractivity contribution in [1.82, 2.24) is 9.78 Å². The van der Waals surface area contributed by atoms with Crippen LogP contribution in [0.25, 0.3) is 0 Å². The van der Waals surface area contributed by atoms with Crippen molar-refractivity contribution in [3.05, 3.63) is 50.7 Å². The van der Waals surface area contributed by atoms with Crippen molar-refractivity contribution in [3.8, 4) is 6.07 Å². The van der Waals surface area contributed by atoms with Crippen molar-refractivity contribution < 1.29 is 0 Å². The molecule has 0 fully saturated rings. The molecule has 0 saturated carbocycles. The van der Waals surface area contributed by atoms with E-state index in [1.165, 1.54) is 0 Å². The van der Waals surface area contributed by atoms with E-state index in [-0.39, 0.29) is 0 Å². The van der Waals surface area contributed by atoms with E-state index in [0.29, 0.717) is 23.0 Å². The Bertz CT molecular complexity index is 581. The van der Waals surface area contributed by atoms with Crippen molar-refractivity contribution in [2.75, 3.05) is 0 Å². The Morgan fingerprint density at radius 3 is 2.59 bits per heavy atom. The second-order valence-corrected chi connectivity index (χ2v) is 4.92. The van der Waals surface area contributed by atoms with Crippen molar-refractivity contribution in [2.24, 2.45) is 0 Å². The molecule has 0 N–H and O–H groups in total. The number of halogens is 2. The van der Waals surface area contributed by atoms with Crippen LogP contribution in [0.4, 0.5) is 0 Å². The lowest BCUT2D eigenvalue weighted by molar-refractivity contribution is 0.680. The zero-order valence-electron chi connectivity index (χ0n) is 9.11. The van der Waals surface area contributed by atoms with Crippen LogP contribution in [0.2, 0.25) is 5.15 Å². The van der Waals surface area contributed by atoms with Crippen LogP contribution in [-0.4, -0.2) is 9.78 Å². The first-order valence-electron chi connectivity index (χ1n) is 4.99. The summed E-state index contributed by atoms with van der Waals surface area (Å²) in [6.07, 6.45) is 0. The summed E-state index contributed by atoms with van der Waals surface area (Å²) in [5, 5.41) is 13.6. The molecule has 0 amide bonds. The Hall–Kier alpha value is -1.31. The van der Waals surface area contributed by atoms with Crippen LogP contribution in [0.15, 0.2) is 28.7 Å². The standard InChI is InChI=1S/C12H9BrClN3/c1-8-11(6-15)12(14)17(16-8)7-9-2-4-10(13)5-3-9/h2-5H,7H2,1H3. The average Bonchev–Trinajstić information content (AvgIpc) is 2.57. The maximum atomic E-state index is 8.92. The number of nitrogens with zero attached hydrogens (tertiary/aromatic N) is 3.